The summed E-state index contributed by atoms with van der Waals surface area (Å²) in [5.74, 6) is 0. The predicted molar refractivity (Wildman–Crippen MR) is 123 cm³/mol. The normalized spacial score (nSPS) is 16.2. The molecule has 1 aliphatic rings. The summed E-state index contributed by atoms with van der Waals surface area (Å²) in [6, 6.07) is 9.54. The summed E-state index contributed by atoms with van der Waals surface area (Å²) < 4.78 is 38.6. The number of amides is 2. The second-order valence-corrected chi connectivity index (χ2v) is 9.67. The zero-order valence-corrected chi connectivity index (χ0v) is 19.9. The van der Waals surface area contributed by atoms with Crippen LogP contribution in [-0.2, 0) is 17.6 Å². The maximum absolute atomic E-state index is 12.9. The Hall–Kier alpha value is -2.45. The molecule has 1 atom stereocenters. The fraction of sp³-hybridized carbons (Fsp3) is 0.391. The summed E-state index contributed by atoms with van der Waals surface area (Å²) in [4.78, 5) is 20.0. The van der Waals surface area contributed by atoms with Crippen molar-refractivity contribution in [1.82, 2.24) is 10.2 Å². The first-order chi connectivity index (χ1) is 15.3. The molecule has 33 heavy (non-hydrogen) atoms. The van der Waals surface area contributed by atoms with Crippen LogP contribution in [0.4, 0.5) is 18.0 Å². The fourth-order valence-electron chi connectivity index (χ4n) is 3.26. The van der Waals surface area contributed by atoms with Gasteiger partial charge in [0.25, 0.3) is 0 Å². The van der Waals surface area contributed by atoms with Crippen LogP contribution in [-0.4, -0.2) is 34.8 Å². The molecule has 2 amide bonds. The van der Waals surface area contributed by atoms with Crippen molar-refractivity contribution in [2.45, 2.75) is 51.6 Å². The lowest BCUT2D eigenvalue weighted by atomic mass is 10.0. The molecule has 0 aliphatic carbocycles. The third-order valence-electron chi connectivity index (χ3n) is 4.83. The standard InChI is InChI=1S/C23H24Cl2F3N3O2/c1-22(2,3)29-21(32)31(12-14-4-7-16(8-5-14)23(26,27)28)13-17-11-20(30-33-17)15-6-9-18(24)19(25)10-15/h4-10,17H,11-13H2,1-3H3,(H,29,32). The SMILES string of the molecule is CC(C)(C)NC(=O)N(Cc1ccc(C(F)(F)F)cc1)CC1CC(c2ccc(Cl)c(Cl)c2)=NO1. The van der Waals surface area contributed by atoms with Gasteiger partial charge in [0.15, 0.2) is 6.10 Å². The number of urea groups is 1. The molecule has 178 valence electrons. The second kappa shape index (κ2) is 9.81. The molecule has 0 saturated heterocycles. The highest BCUT2D eigenvalue weighted by Gasteiger charge is 2.31. The number of hydrogen-bond donors (Lipinski definition) is 1. The maximum Gasteiger partial charge on any atom is 0.416 e. The number of oxime groups is 1. The zero-order chi connectivity index (χ0) is 24.4. The van der Waals surface area contributed by atoms with Crippen molar-refractivity contribution in [3.05, 3.63) is 69.2 Å². The molecule has 2 aromatic rings. The van der Waals surface area contributed by atoms with E-state index in [1.54, 1.807) is 18.2 Å². The van der Waals surface area contributed by atoms with Crippen molar-refractivity contribution in [3.63, 3.8) is 0 Å². The number of benzene rings is 2. The van der Waals surface area contributed by atoms with E-state index in [9.17, 15) is 18.0 Å². The third kappa shape index (κ3) is 7.01. The van der Waals surface area contributed by atoms with Gasteiger partial charge in [-0.1, -0.05) is 46.6 Å². The number of halogens is 5. The van der Waals surface area contributed by atoms with Crippen molar-refractivity contribution in [3.8, 4) is 0 Å². The Morgan fingerprint density at radius 3 is 2.36 bits per heavy atom. The molecule has 1 heterocycles. The van der Waals surface area contributed by atoms with Gasteiger partial charge in [0, 0.05) is 24.1 Å². The van der Waals surface area contributed by atoms with Crippen LogP contribution in [0.5, 0.6) is 0 Å². The molecular formula is C23H24Cl2F3N3O2. The van der Waals surface area contributed by atoms with Crippen molar-refractivity contribution < 1.29 is 22.8 Å². The lowest BCUT2D eigenvalue weighted by molar-refractivity contribution is -0.137. The van der Waals surface area contributed by atoms with E-state index in [0.717, 1.165) is 17.7 Å². The van der Waals surface area contributed by atoms with E-state index in [1.807, 2.05) is 20.8 Å². The van der Waals surface area contributed by atoms with E-state index >= 15 is 0 Å². The molecule has 5 nitrogen and oxygen atoms in total. The molecule has 0 radical (unpaired) electrons. The van der Waals surface area contributed by atoms with Crippen molar-refractivity contribution in [2.24, 2.45) is 5.16 Å². The van der Waals surface area contributed by atoms with Gasteiger partial charge < -0.3 is 15.1 Å². The maximum atomic E-state index is 12.9. The summed E-state index contributed by atoms with van der Waals surface area (Å²) in [6.45, 7) is 5.84. The van der Waals surface area contributed by atoms with Crippen LogP contribution in [0, 0.1) is 0 Å². The molecule has 0 saturated carbocycles. The molecule has 1 aliphatic heterocycles. The van der Waals surface area contributed by atoms with Crippen molar-refractivity contribution >= 4 is 34.9 Å². The highest BCUT2D eigenvalue weighted by atomic mass is 35.5. The van der Waals surface area contributed by atoms with Crippen LogP contribution in [0.15, 0.2) is 47.6 Å². The molecule has 0 spiro atoms. The molecule has 1 unspecified atom stereocenters. The van der Waals surface area contributed by atoms with Gasteiger partial charge in [-0.25, -0.2) is 4.79 Å². The van der Waals surface area contributed by atoms with E-state index in [2.05, 4.69) is 10.5 Å². The zero-order valence-electron chi connectivity index (χ0n) is 18.3. The van der Waals surface area contributed by atoms with Gasteiger partial charge in [0.05, 0.1) is 27.9 Å². The van der Waals surface area contributed by atoms with Crippen LogP contribution >= 0.6 is 23.2 Å². The van der Waals surface area contributed by atoms with Gasteiger partial charge >= 0.3 is 12.2 Å². The Bertz CT molecular complexity index is 1030. The van der Waals surface area contributed by atoms with E-state index in [-0.39, 0.29) is 19.1 Å². The number of nitrogens with zero attached hydrogens (tertiary/aromatic N) is 2. The first-order valence-electron chi connectivity index (χ1n) is 10.2. The number of rotatable bonds is 5. The van der Waals surface area contributed by atoms with E-state index in [1.165, 1.54) is 17.0 Å². The number of carbonyl (C=O) groups excluding carboxylic acids is 1. The smallest absolute Gasteiger partial charge is 0.390 e. The largest absolute Gasteiger partial charge is 0.416 e. The van der Waals surface area contributed by atoms with Gasteiger partial charge in [-0.2, -0.15) is 13.2 Å². The molecule has 10 heteroatoms. The van der Waals surface area contributed by atoms with E-state index < -0.39 is 23.4 Å². The quantitative estimate of drug-likeness (QED) is 0.507. The first-order valence-corrected chi connectivity index (χ1v) is 11.0. The number of alkyl halides is 3. The lowest BCUT2D eigenvalue weighted by Gasteiger charge is -2.29. The topological polar surface area (TPSA) is 53.9 Å². The average molecular weight is 502 g/mol. The summed E-state index contributed by atoms with van der Waals surface area (Å²) in [6.07, 6.45) is -4.41. The van der Waals surface area contributed by atoms with Crippen molar-refractivity contribution in [2.75, 3.05) is 6.54 Å². The Balaban J connectivity index is 1.72. The fourth-order valence-corrected chi connectivity index (χ4v) is 3.55. The summed E-state index contributed by atoms with van der Waals surface area (Å²) in [5, 5.41) is 7.84. The van der Waals surface area contributed by atoms with Gasteiger partial charge in [0.1, 0.15) is 0 Å². The third-order valence-corrected chi connectivity index (χ3v) is 5.57. The minimum Gasteiger partial charge on any atom is -0.390 e. The monoisotopic (exact) mass is 501 g/mol. The first kappa shape index (κ1) is 25.2. The molecule has 2 aromatic carbocycles. The van der Waals surface area contributed by atoms with Gasteiger partial charge in [-0.05, 0) is 50.6 Å². The Morgan fingerprint density at radius 1 is 1.12 bits per heavy atom. The van der Waals surface area contributed by atoms with Gasteiger partial charge in [-0.3, -0.25) is 0 Å². The molecule has 0 aromatic heterocycles. The molecule has 0 fully saturated rings. The Morgan fingerprint density at radius 2 is 1.79 bits per heavy atom. The van der Waals surface area contributed by atoms with E-state index in [4.69, 9.17) is 28.0 Å². The van der Waals surface area contributed by atoms with E-state index in [0.29, 0.717) is 27.7 Å². The van der Waals surface area contributed by atoms with Crippen molar-refractivity contribution in [1.29, 1.82) is 0 Å². The minimum absolute atomic E-state index is 0.113. The minimum atomic E-state index is -4.42. The van der Waals surface area contributed by atoms with Crippen LogP contribution in [0.3, 0.4) is 0 Å². The number of carbonyl (C=O) groups is 1. The highest BCUT2D eigenvalue weighted by molar-refractivity contribution is 6.42. The Kier molecular flexibility index (Phi) is 7.49. The molecule has 3 rings (SSSR count). The molecular weight excluding hydrogens is 478 g/mol. The second-order valence-electron chi connectivity index (χ2n) is 8.85. The van der Waals surface area contributed by atoms with Crippen LogP contribution in [0.2, 0.25) is 10.0 Å². The Labute approximate surface area is 200 Å². The van der Waals surface area contributed by atoms with Crippen LogP contribution in [0.25, 0.3) is 0 Å². The summed E-state index contributed by atoms with van der Waals surface area (Å²) in [7, 11) is 0. The van der Waals surface area contributed by atoms with Crippen LogP contribution in [0.1, 0.15) is 43.9 Å². The summed E-state index contributed by atoms with van der Waals surface area (Å²) >= 11 is 12.1. The van der Waals surface area contributed by atoms with Gasteiger partial charge in [0.2, 0.25) is 0 Å². The number of nitrogens with one attached hydrogen (secondary N) is 1. The average Bonchev–Trinajstić information content (AvgIpc) is 3.16. The molecule has 0 bridgehead atoms. The number of hydrogen-bond acceptors (Lipinski definition) is 3. The van der Waals surface area contributed by atoms with Crippen LogP contribution < -0.4 is 5.32 Å². The lowest BCUT2D eigenvalue weighted by Crippen LogP contribution is -2.50. The molecule has 1 N–H and O–H groups in total. The predicted octanol–water partition coefficient (Wildman–Crippen LogP) is 6.52. The highest BCUT2D eigenvalue weighted by Crippen LogP contribution is 2.29. The summed E-state index contributed by atoms with van der Waals surface area (Å²) in [5.41, 5.74) is 0.768. The van der Waals surface area contributed by atoms with Gasteiger partial charge in [-0.15, -0.1) is 0 Å².